The van der Waals surface area contributed by atoms with Crippen molar-refractivity contribution in [3.05, 3.63) is 35.4 Å². The second-order valence-corrected chi connectivity index (χ2v) is 5.62. The molecule has 0 radical (unpaired) electrons. The minimum atomic E-state index is -0.428. The SMILES string of the molecule is Cc1ccc(C2(OC(=O)CCS)CC[NH2+]CC2)cc1. The van der Waals surface area contributed by atoms with Gasteiger partial charge in [0, 0.05) is 18.6 Å². The van der Waals surface area contributed by atoms with E-state index in [9.17, 15) is 4.79 Å². The highest BCUT2D eigenvalue weighted by Gasteiger charge is 2.39. The summed E-state index contributed by atoms with van der Waals surface area (Å²) in [6.07, 6.45) is 2.14. The van der Waals surface area contributed by atoms with Crippen LogP contribution < -0.4 is 5.32 Å². The Hall–Kier alpha value is -1.00. The number of carbonyl (C=O) groups excluding carboxylic acids is 1. The number of hydrogen-bond acceptors (Lipinski definition) is 3. The third-order valence-corrected chi connectivity index (χ3v) is 3.93. The van der Waals surface area contributed by atoms with Crippen molar-refractivity contribution < 1.29 is 14.8 Å². The van der Waals surface area contributed by atoms with Gasteiger partial charge in [-0.1, -0.05) is 29.8 Å². The first-order chi connectivity index (χ1) is 9.16. The molecule has 1 fully saturated rings. The fourth-order valence-corrected chi connectivity index (χ4v) is 2.79. The van der Waals surface area contributed by atoms with E-state index in [1.54, 1.807) is 0 Å². The molecule has 0 bridgehead atoms. The number of ether oxygens (including phenoxy) is 1. The van der Waals surface area contributed by atoms with E-state index >= 15 is 0 Å². The second kappa shape index (κ2) is 6.44. The predicted molar refractivity (Wildman–Crippen MR) is 78.3 cm³/mol. The summed E-state index contributed by atoms with van der Waals surface area (Å²) in [5.41, 5.74) is 1.92. The van der Waals surface area contributed by atoms with Gasteiger partial charge in [-0.3, -0.25) is 4.79 Å². The molecule has 2 rings (SSSR count). The minimum absolute atomic E-state index is 0.141. The van der Waals surface area contributed by atoms with Gasteiger partial charge in [0.1, 0.15) is 5.60 Å². The number of rotatable bonds is 4. The van der Waals surface area contributed by atoms with Gasteiger partial charge in [-0.15, -0.1) is 0 Å². The fourth-order valence-electron chi connectivity index (χ4n) is 2.61. The number of esters is 1. The Labute approximate surface area is 120 Å². The Bertz CT molecular complexity index is 424. The Morgan fingerprint density at radius 3 is 2.53 bits per heavy atom. The molecular weight excluding hydrogens is 258 g/mol. The molecule has 0 amide bonds. The van der Waals surface area contributed by atoms with Crippen LogP contribution in [0, 0.1) is 6.92 Å². The van der Waals surface area contributed by atoms with Crippen LogP contribution in [0.15, 0.2) is 24.3 Å². The zero-order valence-corrected chi connectivity index (χ0v) is 12.3. The van der Waals surface area contributed by atoms with Crippen molar-refractivity contribution in [1.82, 2.24) is 0 Å². The van der Waals surface area contributed by atoms with Crippen LogP contribution in [-0.2, 0) is 15.1 Å². The van der Waals surface area contributed by atoms with E-state index in [0.29, 0.717) is 12.2 Å². The van der Waals surface area contributed by atoms with Crippen LogP contribution in [-0.4, -0.2) is 24.8 Å². The third-order valence-electron chi connectivity index (χ3n) is 3.71. The molecule has 1 aliphatic heterocycles. The van der Waals surface area contributed by atoms with Crippen molar-refractivity contribution in [2.45, 2.75) is 31.8 Å². The molecule has 1 aliphatic rings. The Morgan fingerprint density at radius 2 is 1.95 bits per heavy atom. The first-order valence-electron chi connectivity index (χ1n) is 6.88. The van der Waals surface area contributed by atoms with Gasteiger partial charge < -0.3 is 10.1 Å². The molecule has 1 aromatic rings. The highest BCUT2D eigenvalue weighted by molar-refractivity contribution is 7.80. The monoisotopic (exact) mass is 280 g/mol. The number of aryl methyl sites for hydroxylation is 1. The molecular formula is C15H22NO2S+. The van der Waals surface area contributed by atoms with Gasteiger partial charge in [0.2, 0.25) is 0 Å². The van der Waals surface area contributed by atoms with Crippen LogP contribution >= 0.6 is 12.6 Å². The maximum Gasteiger partial charge on any atom is 0.307 e. The average molecular weight is 280 g/mol. The lowest BCUT2D eigenvalue weighted by molar-refractivity contribution is -0.668. The van der Waals surface area contributed by atoms with E-state index < -0.39 is 5.60 Å². The van der Waals surface area contributed by atoms with Crippen molar-refractivity contribution >= 4 is 18.6 Å². The lowest BCUT2D eigenvalue weighted by Gasteiger charge is -2.36. The highest BCUT2D eigenvalue weighted by atomic mass is 32.1. The molecule has 0 aliphatic carbocycles. The summed E-state index contributed by atoms with van der Waals surface area (Å²) in [4.78, 5) is 11.9. The molecule has 0 saturated carbocycles. The first-order valence-corrected chi connectivity index (χ1v) is 7.51. The molecule has 4 heteroatoms. The second-order valence-electron chi connectivity index (χ2n) is 5.17. The predicted octanol–water partition coefficient (Wildman–Crippen LogP) is 1.41. The largest absolute Gasteiger partial charge is 0.454 e. The Kier molecular flexibility index (Phi) is 4.88. The normalized spacial score (nSPS) is 18.0. The summed E-state index contributed by atoms with van der Waals surface area (Å²) in [5, 5.41) is 2.28. The summed E-state index contributed by atoms with van der Waals surface area (Å²) < 4.78 is 5.84. The van der Waals surface area contributed by atoms with Gasteiger partial charge in [0.05, 0.1) is 19.5 Å². The third kappa shape index (κ3) is 3.51. The molecule has 1 heterocycles. The van der Waals surface area contributed by atoms with Gasteiger partial charge in [-0.05, 0) is 12.5 Å². The van der Waals surface area contributed by atoms with Crippen LogP contribution in [0.2, 0.25) is 0 Å². The van der Waals surface area contributed by atoms with Gasteiger partial charge in [-0.25, -0.2) is 0 Å². The maximum atomic E-state index is 11.9. The molecule has 19 heavy (non-hydrogen) atoms. The van der Waals surface area contributed by atoms with E-state index in [1.807, 2.05) is 0 Å². The smallest absolute Gasteiger partial charge is 0.307 e. The first kappa shape index (κ1) is 14.4. The fraction of sp³-hybridized carbons (Fsp3) is 0.533. The van der Waals surface area contributed by atoms with Crippen LogP contribution in [0.4, 0.5) is 0 Å². The number of hydrogen-bond donors (Lipinski definition) is 2. The number of benzene rings is 1. The quantitative estimate of drug-likeness (QED) is 0.647. The Morgan fingerprint density at radius 1 is 1.32 bits per heavy atom. The average Bonchev–Trinajstić information content (AvgIpc) is 2.40. The van der Waals surface area contributed by atoms with Crippen molar-refractivity contribution in [1.29, 1.82) is 0 Å². The number of quaternary nitrogens is 1. The lowest BCUT2D eigenvalue weighted by atomic mass is 9.84. The zero-order chi connectivity index (χ0) is 13.7. The van der Waals surface area contributed by atoms with Gasteiger partial charge in [0.25, 0.3) is 0 Å². The summed E-state index contributed by atoms with van der Waals surface area (Å²) >= 11 is 4.10. The number of nitrogens with two attached hydrogens (primary N) is 1. The van der Waals surface area contributed by atoms with Crippen LogP contribution in [0.5, 0.6) is 0 Å². The van der Waals surface area contributed by atoms with Crippen molar-refractivity contribution in [2.24, 2.45) is 0 Å². The van der Waals surface area contributed by atoms with Crippen molar-refractivity contribution in [3.8, 4) is 0 Å². The summed E-state index contributed by atoms with van der Waals surface area (Å²) in [7, 11) is 0. The lowest BCUT2D eigenvalue weighted by Crippen LogP contribution is -2.87. The van der Waals surface area contributed by atoms with E-state index in [1.165, 1.54) is 5.56 Å². The topological polar surface area (TPSA) is 42.9 Å². The standard InChI is InChI=1S/C15H21NO2S/c1-12-2-4-13(5-3-12)15(7-9-16-10-8-15)18-14(17)6-11-19/h2-5,16,19H,6-11H2,1H3/p+1. The molecule has 0 atom stereocenters. The zero-order valence-electron chi connectivity index (χ0n) is 11.4. The van der Waals surface area contributed by atoms with Crippen molar-refractivity contribution in [2.75, 3.05) is 18.8 Å². The molecule has 0 aromatic heterocycles. The summed E-state index contributed by atoms with van der Waals surface area (Å²) in [5.74, 6) is 0.395. The van der Waals surface area contributed by atoms with Gasteiger partial charge in [-0.2, -0.15) is 12.6 Å². The number of thiol groups is 1. The highest BCUT2D eigenvalue weighted by Crippen LogP contribution is 2.34. The van der Waals surface area contributed by atoms with Crippen molar-refractivity contribution in [3.63, 3.8) is 0 Å². The van der Waals surface area contributed by atoms with Gasteiger partial charge in [0.15, 0.2) is 0 Å². The van der Waals surface area contributed by atoms with Gasteiger partial charge >= 0.3 is 5.97 Å². The van der Waals surface area contributed by atoms with E-state index in [0.717, 1.165) is 31.5 Å². The summed E-state index contributed by atoms with van der Waals surface area (Å²) in [6, 6.07) is 8.35. The van der Waals surface area contributed by atoms with Crippen LogP contribution in [0.3, 0.4) is 0 Å². The molecule has 0 spiro atoms. The molecule has 2 N–H and O–H groups in total. The summed E-state index contributed by atoms with van der Waals surface area (Å²) in [6.45, 7) is 4.07. The number of carbonyl (C=O) groups is 1. The van der Waals surface area contributed by atoms with E-state index in [4.69, 9.17) is 4.74 Å². The molecule has 0 unspecified atom stereocenters. The molecule has 1 aromatic carbocycles. The Balaban J connectivity index is 2.23. The molecule has 3 nitrogen and oxygen atoms in total. The van der Waals surface area contributed by atoms with Crippen LogP contribution in [0.25, 0.3) is 0 Å². The van der Waals surface area contributed by atoms with E-state index in [-0.39, 0.29) is 5.97 Å². The molecule has 1 saturated heterocycles. The molecule has 104 valence electrons. The maximum absolute atomic E-state index is 11.9. The minimum Gasteiger partial charge on any atom is -0.454 e. The number of piperidine rings is 1. The van der Waals surface area contributed by atoms with Crippen LogP contribution in [0.1, 0.15) is 30.4 Å². The van der Waals surface area contributed by atoms with E-state index in [2.05, 4.69) is 49.1 Å².